The van der Waals surface area contributed by atoms with Crippen LogP contribution in [0.1, 0.15) is 33.1 Å². The molecule has 21 heavy (non-hydrogen) atoms. The Morgan fingerprint density at radius 1 is 1.24 bits per heavy atom. The molecule has 0 aromatic rings. The molecule has 114 valence electrons. The van der Waals surface area contributed by atoms with E-state index in [1.165, 1.54) is 6.08 Å². The first-order chi connectivity index (χ1) is 10.0. The van der Waals surface area contributed by atoms with Crippen molar-refractivity contribution in [3.63, 3.8) is 0 Å². The molecule has 0 N–H and O–H groups in total. The van der Waals surface area contributed by atoms with Gasteiger partial charge in [-0.05, 0) is 38.7 Å². The highest BCUT2D eigenvalue weighted by Crippen LogP contribution is 2.49. The number of allylic oxidation sites excluding steroid dienone is 4. The second-order valence-corrected chi connectivity index (χ2v) is 5.37. The van der Waals surface area contributed by atoms with Crippen LogP contribution in [0.4, 0.5) is 0 Å². The van der Waals surface area contributed by atoms with Gasteiger partial charge in [-0.1, -0.05) is 17.7 Å². The minimum absolute atomic E-state index is 0.00904. The third-order valence-electron chi connectivity index (χ3n) is 4.00. The Kier molecular flexibility index (Phi) is 4.60. The normalized spacial score (nSPS) is 23.0. The Morgan fingerprint density at radius 3 is 2.43 bits per heavy atom. The lowest BCUT2D eigenvalue weighted by Gasteiger charge is -2.24. The minimum atomic E-state index is -1.30. The van der Waals surface area contributed by atoms with Gasteiger partial charge in [0.05, 0.1) is 13.2 Å². The summed E-state index contributed by atoms with van der Waals surface area (Å²) < 4.78 is 10.2. The van der Waals surface area contributed by atoms with Gasteiger partial charge < -0.3 is 9.47 Å². The van der Waals surface area contributed by atoms with E-state index in [1.807, 2.05) is 6.08 Å². The molecule has 1 atom stereocenters. The van der Waals surface area contributed by atoms with E-state index in [0.29, 0.717) is 6.42 Å². The zero-order valence-corrected chi connectivity index (χ0v) is 12.4. The molecule has 1 unspecified atom stereocenters. The van der Waals surface area contributed by atoms with Gasteiger partial charge in [-0.25, -0.2) is 0 Å². The molecule has 2 aliphatic carbocycles. The Morgan fingerprint density at radius 2 is 1.86 bits per heavy atom. The average molecular weight is 292 g/mol. The summed E-state index contributed by atoms with van der Waals surface area (Å²) in [5, 5.41) is 0. The summed E-state index contributed by atoms with van der Waals surface area (Å²) in [6.07, 6.45) is 5.92. The van der Waals surface area contributed by atoms with Crippen LogP contribution in [0.15, 0.2) is 23.8 Å². The molecular weight excluding hydrogens is 272 g/mol. The summed E-state index contributed by atoms with van der Waals surface area (Å²) in [5.74, 6) is -1.18. The van der Waals surface area contributed by atoms with Crippen molar-refractivity contribution in [2.75, 3.05) is 13.2 Å². The highest BCUT2D eigenvalue weighted by molar-refractivity contribution is 6.01. The van der Waals surface area contributed by atoms with E-state index in [-0.39, 0.29) is 37.8 Å². The van der Waals surface area contributed by atoms with Crippen molar-refractivity contribution in [3.8, 4) is 0 Å². The Hall–Kier alpha value is -1.91. The molecule has 0 aliphatic heterocycles. The number of hydrogen-bond acceptors (Lipinski definition) is 5. The van der Waals surface area contributed by atoms with E-state index in [9.17, 15) is 14.4 Å². The smallest absolute Gasteiger partial charge is 0.323 e. The van der Waals surface area contributed by atoms with Crippen molar-refractivity contribution in [2.45, 2.75) is 33.1 Å². The van der Waals surface area contributed by atoms with Gasteiger partial charge in [0.1, 0.15) is 0 Å². The van der Waals surface area contributed by atoms with Gasteiger partial charge in [0.15, 0.2) is 11.2 Å². The van der Waals surface area contributed by atoms with Gasteiger partial charge >= 0.3 is 11.9 Å². The maximum Gasteiger partial charge on any atom is 0.323 e. The zero-order valence-electron chi connectivity index (χ0n) is 12.4. The van der Waals surface area contributed by atoms with E-state index in [2.05, 4.69) is 0 Å². The van der Waals surface area contributed by atoms with Crippen LogP contribution in [-0.4, -0.2) is 30.9 Å². The van der Waals surface area contributed by atoms with Crippen LogP contribution in [0.5, 0.6) is 0 Å². The summed E-state index contributed by atoms with van der Waals surface area (Å²) >= 11 is 0. The summed E-state index contributed by atoms with van der Waals surface area (Å²) in [4.78, 5) is 36.4. The largest absolute Gasteiger partial charge is 0.465 e. The van der Waals surface area contributed by atoms with Crippen molar-refractivity contribution < 1.29 is 23.9 Å². The van der Waals surface area contributed by atoms with Crippen molar-refractivity contribution in [2.24, 2.45) is 11.3 Å². The molecule has 1 fully saturated rings. The Labute approximate surface area is 124 Å². The van der Waals surface area contributed by atoms with Crippen molar-refractivity contribution in [1.29, 1.82) is 0 Å². The molecule has 5 heteroatoms. The van der Waals surface area contributed by atoms with Gasteiger partial charge in [-0.3, -0.25) is 14.4 Å². The zero-order chi connectivity index (χ0) is 15.5. The summed E-state index contributed by atoms with van der Waals surface area (Å²) in [5.41, 5.74) is -0.355. The molecule has 2 aliphatic rings. The first-order valence-electron chi connectivity index (χ1n) is 7.28. The molecule has 0 spiro atoms. The molecule has 5 nitrogen and oxygen atoms in total. The van der Waals surface area contributed by atoms with Gasteiger partial charge in [0.25, 0.3) is 0 Å². The fourth-order valence-corrected chi connectivity index (χ4v) is 3.04. The Balaban J connectivity index is 2.33. The first-order valence-corrected chi connectivity index (χ1v) is 7.28. The monoisotopic (exact) mass is 292 g/mol. The topological polar surface area (TPSA) is 69.7 Å². The van der Waals surface area contributed by atoms with Gasteiger partial charge in [0, 0.05) is 6.42 Å². The third kappa shape index (κ3) is 2.91. The molecule has 1 saturated carbocycles. The maximum absolute atomic E-state index is 12.3. The summed E-state index contributed by atoms with van der Waals surface area (Å²) in [7, 11) is 0. The third-order valence-corrected chi connectivity index (χ3v) is 4.00. The predicted molar refractivity (Wildman–Crippen MR) is 75.3 cm³/mol. The molecule has 0 heterocycles. The molecule has 0 amide bonds. The number of esters is 2. The standard InChI is InChI=1S/C16H20O5/c1-3-20-14(18)16(15(19)21-4-2)9-11-6-5-7-13(17)8-12(11)10-16/h5-7,12H,3-4,8-10H2,1-2H3. The number of carbonyl (C=O) groups is 3. The van der Waals surface area contributed by atoms with Crippen LogP contribution in [-0.2, 0) is 23.9 Å². The second-order valence-electron chi connectivity index (χ2n) is 5.37. The van der Waals surface area contributed by atoms with Crippen LogP contribution >= 0.6 is 0 Å². The summed E-state index contributed by atoms with van der Waals surface area (Å²) in [6.45, 7) is 3.83. The fraction of sp³-hybridized carbons (Fsp3) is 0.562. The predicted octanol–water partition coefficient (Wildman–Crippen LogP) is 1.96. The van der Waals surface area contributed by atoms with Crippen molar-refractivity contribution in [1.82, 2.24) is 0 Å². The van der Waals surface area contributed by atoms with Gasteiger partial charge in [-0.2, -0.15) is 0 Å². The highest BCUT2D eigenvalue weighted by atomic mass is 16.6. The van der Waals surface area contributed by atoms with Crippen LogP contribution in [0.2, 0.25) is 0 Å². The lowest BCUT2D eigenvalue weighted by atomic mass is 9.84. The lowest BCUT2D eigenvalue weighted by molar-refractivity contribution is -0.171. The van der Waals surface area contributed by atoms with E-state index < -0.39 is 17.4 Å². The van der Waals surface area contributed by atoms with Gasteiger partial charge in [0.2, 0.25) is 0 Å². The van der Waals surface area contributed by atoms with E-state index in [4.69, 9.17) is 9.47 Å². The molecule has 2 rings (SSSR count). The number of rotatable bonds is 4. The number of carbonyl (C=O) groups excluding carboxylic acids is 3. The average Bonchev–Trinajstić information content (AvgIpc) is 2.71. The number of ketones is 1. The Bertz CT molecular complexity index is 497. The lowest BCUT2D eigenvalue weighted by Crippen LogP contribution is -2.40. The molecule has 0 radical (unpaired) electrons. The quantitative estimate of drug-likeness (QED) is 0.585. The van der Waals surface area contributed by atoms with Crippen LogP contribution in [0.3, 0.4) is 0 Å². The minimum Gasteiger partial charge on any atom is -0.465 e. The van der Waals surface area contributed by atoms with E-state index in [1.54, 1.807) is 19.9 Å². The molecular formula is C16H20O5. The van der Waals surface area contributed by atoms with Crippen LogP contribution in [0.25, 0.3) is 0 Å². The number of ether oxygens (including phenoxy) is 2. The SMILES string of the molecule is CCOC(=O)C1(C(=O)OCC)CC2=CC=CC(=O)CC2C1. The highest BCUT2D eigenvalue weighted by Gasteiger charge is 2.55. The maximum atomic E-state index is 12.3. The van der Waals surface area contributed by atoms with Crippen molar-refractivity contribution in [3.05, 3.63) is 23.8 Å². The first kappa shape index (κ1) is 15.5. The molecule has 0 bridgehead atoms. The molecule has 0 saturated heterocycles. The molecule has 0 aromatic heterocycles. The second kappa shape index (κ2) is 6.24. The van der Waals surface area contributed by atoms with E-state index in [0.717, 1.165) is 5.57 Å². The van der Waals surface area contributed by atoms with E-state index >= 15 is 0 Å². The number of fused-ring (bicyclic) bond motifs is 1. The summed E-state index contributed by atoms with van der Waals surface area (Å²) in [6, 6.07) is 0. The van der Waals surface area contributed by atoms with Crippen molar-refractivity contribution >= 4 is 17.7 Å². The van der Waals surface area contributed by atoms with Gasteiger partial charge in [-0.15, -0.1) is 0 Å². The van der Waals surface area contributed by atoms with Crippen LogP contribution < -0.4 is 0 Å². The molecule has 0 aromatic carbocycles. The fourth-order valence-electron chi connectivity index (χ4n) is 3.04. The number of hydrogen-bond donors (Lipinski definition) is 0. The van der Waals surface area contributed by atoms with Crippen LogP contribution in [0, 0.1) is 11.3 Å².